The SMILES string of the molecule is COCCNCCCCc1cccc(COC)c1. The van der Waals surface area contributed by atoms with Crippen LogP contribution in [0.3, 0.4) is 0 Å². The third-order valence-electron chi connectivity index (χ3n) is 2.85. The van der Waals surface area contributed by atoms with Crippen LogP contribution in [0.25, 0.3) is 0 Å². The van der Waals surface area contributed by atoms with Gasteiger partial charge in [0.2, 0.25) is 0 Å². The molecule has 0 unspecified atom stereocenters. The predicted molar refractivity (Wildman–Crippen MR) is 74.8 cm³/mol. The van der Waals surface area contributed by atoms with Crippen molar-refractivity contribution < 1.29 is 9.47 Å². The van der Waals surface area contributed by atoms with Crippen LogP contribution in [-0.4, -0.2) is 33.9 Å². The summed E-state index contributed by atoms with van der Waals surface area (Å²) in [5.41, 5.74) is 2.66. The zero-order chi connectivity index (χ0) is 13.1. The highest BCUT2D eigenvalue weighted by atomic mass is 16.5. The number of nitrogens with one attached hydrogen (secondary N) is 1. The molecule has 0 aromatic heterocycles. The Morgan fingerprint density at radius 3 is 2.61 bits per heavy atom. The molecular formula is C15H25NO2. The number of aryl methyl sites for hydroxylation is 1. The van der Waals surface area contributed by atoms with Gasteiger partial charge < -0.3 is 14.8 Å². The highest BCUT2D eigenvalue weighted by Gasteiger charge is 1.96. The van der Waals surface area contributed by atoms with Gasteiger partial charge in [-0.25, -0.2) is 0 Å². The average Bonchev–Trinajstić information content (AvgIpc) is 2.39. The van der Waals surface area contributed by atoms with Gasteiger partial charge in [0.1, 0.15) is 0 Å². The Kier molecular flexibility index (Phi) is 8.47. The van der Waals surface area contributed by atoms with E-state index in [9.17, 15) is 0 Å². The zero-order valence-corrected chi connectivity index (χ0v) is 11.6. The second-order valence-electron chi connectivity index (χ2n) is 4.45. The summed E-state index contributed by atoms with van der Waals surface area (Å²) in [5, 5.41) is 3.36. The number of rotatable bonds is 10. The Balaban J connectivity index is 2.13. The highest BCUT2D eigenvalue weighted by Crippen LogP contribution is 2.09. The van der Waals surface area contributed by atoms with E-state index >= 15 is 0 Å². The number of benzene rings is 1. The molecule has 0 aliphatic heterocycles. The molecule has 1 aromatic rings. The second-order valence-corrected chi connectivity index (χ2v) is 4.45. The molecule has 18 heavy (non-hydrogen) atoms. The van der Waals surface area contributed by atoms with Gasteiger partial charge in [0.25, 0.3) is 0 Å². The van der Waals surface area contributed by atoms with Gasteiger partial charge in [-0.05, 0) is 36.9 Å². The molecule has 0 bridgehead atoms. The van der Waals surface area contributed by atoms with Crippen molar-refractivity contribution in [3.63, 3.8) is 0 Å². The molecule has 3 heteroatoms. The van der Waals surface area contributed by atoms with Crippen LogP contribution in [0.2, 0.25) is 0 Å². The minimum absolute atomic E-state index is 0.701. The van der Waals surface area contributed by atoms with Crippen LogP contribution in [0.4, 0.5) is 0 Å². The topological polar surface area (TPSA) is 30.5 Å². The van der Waals surface area contributed by atoms with Crippen LogP contribution in [0.5, 0.6) is 0 Å². The van der Waals surface area contributed by atoms with E-state index in [0.717, 1.165) is 26.1 Å². The summed E-state index contributed by atoms with van der Waals surface area (Å²) in [6, 6.07) is 8.65. The minimum atomic E-state index is 0.701. The van der Waals surface area contributed by atoms with Gasteiger partial charge in [-0.3, -0.25) is 0 Å². The van der Waals surface area contributed by atoms with Gasteiger partial charge in [-0.1, -0.05) is 24.3 Å². The van der Waals surface area contributed by atoms with E-state index in [4.69, 9.17) is 9.47 Å². The first-order valence-corrected chi connectivity index (χ1v) is 6.63. The van der Waals surface area contributed by atoms with Gasteiger partial charge in [0.15, 0.2) is 0 Å². The van der Waals surface area contributed by atoms with Gasteiger partial charge in [-0.2, -0.15) is 0 Å². The molecule has 0 heterocycles. The van der Waals surface area contributed by atoms with E-state index < -0.39 is 0 Å². The predicted octanol–water partition coefficient (Wildman–Crippen LogP) is 2.39. The molecule has 0 saturated carbocycles. The lowest BCUT2D eigenvalue weighted by Crippen LogP contribution is -2.20. The number of hydrogen-bond acceptors (Lipinski definition) is 3. The van der Waals surface area contributed by atoms with E-state index in [2.05, 4.69) is 29.6 Å². The summed E-state index contributed by atoms with van der Waals surface area (Å²) in [6.07, 6.45) is 3.57. The third-order valence-corrected chi connectivity index (χ3v) is 2.85. The van der Waals surface area contributed by atoms with Crippen molar-refractivity contribution in [1.29, 1.82) is 0 Å². The number of unbranched alkanes of at least 4 members (excludes halogenated alkanes) is 1. The lowest BCUT2D eigenvalue weighted by atomic mass is 10.1. The zero-order valence-electron chi connectivity index (χ0n) is 11.6. The normalized spacial score (nSPS) is 10.8. The molecule has 1 rings (SSSR count). The molecular weight excluding hydrogens is 226 g/mol. The summed E-state index contributed by atoms with van der Waals surface area (Å²) in [4.78, 5) is 0. The van der Waals surface area contributed by atoms with Gasteiger partial charge in [0.05, 0.1) is 13.2 Å². The minimum Gasteiger partial charge on any atom is -0.383 e. The fraction of sp³-hybridized carbons (Fsp3) is 0.600. The lowest BCUT2D eigenvalue weighted by molar-refractivity contribution is 0.185. The van der Waals surface area contributed by atoms with Crippen molar-refractivity contribution in [3.8, 4) is 0 Å². The first-order chi connectivity index (χ1) is 8.86. The number of methoxy groups -OCH3 is 2. The average molecular weight is 251 g/mol. The third kappa shape index (κ3) is 6.74. The van der Waals surface area contributed by atoms with Crippen LogP contribution in [-0.2, 0) is 22.5 Å². The second kappa shape index (κ2) is 10.1. The summed E-state index contributed by atoms with van der Waals surface area (Å²) < 4.78 is 10.1. The summed E-state index contributed by atoms with van der Waals surface area (Å²) >= 11 is 0. The maximum Gasteiger partial charge on any atom is 0.0713 e. The molecule has 3 nitrogen and oxygen atoms in total. The molecule has 0 aliphatic carbocycles. The van der Waals surface area contributed by atoms with E-state index in [1.165, 1.54) is 24.0 Å². The quantitative estimate of drug-likeness (QED) is 0.648. The Labute approximate surface area is 110 Å². The molecule has 0 aliphatic rings. The molecule has 1 aromatic carbocycles. The van der Waals surface area contributed by atoms with E-state index in [1.807, 2.05) is 0 Å². The van der Waals surface area contributed by atoms with E-state index in [-0.39, 0.29) is 0 Å². The van der Waals surface area contributed by atoms with Crippen LogP contribution in [0, 0.1) is 0 Å². The number of hydrogen-bond donors (Lipinski definition) is 1. The van der Waals surface area contributed by atoms with Crippen molar-refractivity contribution in [2.45, 2.75) is 25.9 Å². The monoisotopic (exact) mass is 251 g/mol. The Morgan fingerprint density at radius 1 is 1.00 bits per heavy atom. The molecule has 0 spiro atoms. The molecule has 1 N–H and O–H groups in total. The van der Waals surface area contributed by atoms with Gasteiger partial charge in [-0.15, -0.1) is 0 Å². The van der Waals surface area contributed by atoms with Crippen LogP contribution in [0.1, 0.15) is 24.0 Å². The maximum atomic E-state index is 5.14. The van der Waals surface area contributed by atoms with Gasteiger partial charge in [0, 0.05) is 20.8 Å². The van der Waals surface area contributed by atoms with Crippen molar-refractivity contribution in [1.82, 2.24) is 5.32 Å². The fourth-order valence-electron chi connectivity index (χ4n) is 1.92. The van der Waals surface area contributed by atoms with Crippen LogP contribution >= 0.6 is 0 Å². The van der Waals surface area contributed by atoms with E-state index in [1.54, 1.807) is 14.2 Å². The molecule has 0 radical (unpaired) electrons. The summed E-state index contributed by atoms with van der Waals surface area (Å²) in [6.45, 7) is 3.51. The lowest BCUT2D eigenvalue weighted by Gasteiger charge is -2.06. The maximum absolute atomic E-state index is 5.14. The number of ether oxygens (including phenoxy) is 2. The van der Waals surface area contributed by atoms with Crippen molar-refractivity contribution >= 4 is 0 Å². The van der Waals surface area contributed by atoms with Crippen LogP contribution in [0.15, 0.2) is 24.3 Å². The largest absolute Gasteiger partial charge is 0.383 e. The molecule has 102 valence electrons. The van der Waals surface area contributed by atoms with Crippen molar-refractivity contribution in [2.75, 3.05) is 33.9 Å². The summed E-state index contributed by atoms with van der Waals surface area (Å²) in [5.74, 6) is 0. The molecule has 0 saturated heterocycles. The van der Waals surface area contributed by atoms with Gasteiger partial charge >= 0.3 is 0 Å². The molecule has 0 fully saturated rings. The molecule has 0 amide bonds. The Bertz CT molecular complexity index is 315. The van der Waals surface area contributed by atoms with Crippen molar-refractivity contribution in [3.05, 3.63) is 35.4 Å². The highest BCUT2D eigenvalue weighted by molar-refractivity contribution is 5.23. The summed E-state index contributed by atoms with van der Waals surface area (Å²) in [7, 11) is 3.47. The Hall–Kier alpha value is -0.900. The van der Waals surface area contributed by atoms with Crippen LogP contribution < -0.4 is 5.32 Å². The first kappa shape index (κ1) is 15.2. The fourth-order valence-corrected chi connectivity index (χ4v) is 1.92. The molecule has 0 atom stereocenters. The Morgan fingerprint density at radius 2 is 1.83 bits per heavy atom. The smallest absolute Gasteiger partial charge is 0.0713 e. The first-order valence-electron chi connectivity index (χ1n) is 6.63. The van der Waals surface area contributed by atoms with E-state index in [0.29, 0.717) is 6.61 Å². The van der Waals surface area contributed by atoms with Crippen molar-refractivity contribution in [2.24, 2.45) is 0 Å². The standard InChI is InChI=1S/C15H25NO2/c1-17-11-10-16-9-4-3-6-14-7-5-8-15(12-14)13-18-2/h5,7-8,12,16H,3-4,6,9-11,13H2,1-2H3.